The summed E-state index contributed by atoms with van der Waals surface area (Å²) in [5, 5.41) is -0.397. The first-order valence-corrected chi connectivity index (χ1v) is 7.69. The van der Waals surface area contributed by atoms with E-state index in [9.17, 15) is 4.39 Å². The highest BCUT2D eigenvalue weighted by Gasteiger charge is 2.15. The van der Waals surface area contributed by atoms with E-state index in [2.05, 4.69) is 15.9 Å². The highest BCUT2D eigenvalue weighted by Crippen LogP contribution is 2.35. The van der Waals surface area contributed by atoms with Gasteiger partial charge in [0, 0.05) is 0 Å². The molecule has 0 N–H and O–H groups in total. The zero-order chi connectivity index (χ0) is 15.4. The van der Waals surface area contributed by atoms with Gasteiger partial charge in [0.15, 0.2) is 11.6 Å². The molecule has 2 aromatic rings. The van der Waals surface area contributed by atoms with Crippen molar-refractivity contribution in [2.24, 2.45) is 0 Å². The smallest absolute Gasteiger partial charge is 0.165 e. The van der Waals surface area contributed by atoms with Crippen molar-refractivity contribution in [3.05, 3.63) is 57.8 Å². The van der Waals surface area contributed by atoms with Crippen molar-refractivity contribution in [3.8, 4) is 11.5 Å². The van der Waals surface area contributed by atoms with Crippen molar-refractivity contribution in [3.63, 3.8) is 0 Å². The lowest BCUT2D eigenvalue weighted by Crippen LogP contribution is -1.98. The van der Waals surface area contributed by atoms with E-state index in [1.807, 2.05) is 25.1 Å². The van der Waals surface area contributed by atoms with Crippen LogP contribution in [0.25, 0.3) is 0 Å². The largest absolute Gasteiger partial charge is 0.494 e. The van der Waals surface area contributed by atoms with Crippen molar-refractivity contribution < 1.29 is 13.9 Å². The summed E-state index contributed by atoms with van der Waals surface area (Å²) in [6, 6.07) is 10.3. The molecule has 0 amide bonds. The van der Waals surface area contributed by atoms with Crippen molar-refractivity contribution in [2.75, 3.05) is 13.7 Å². The van der Waals surface area contributed by atoms with Crippen molar-refractivity contribution in [1.82, 2.24) is 0 Å². The number of benzene rings is 2. The predicted molar refractivity (Wildman–Crippen MR) is 86.0 cm³/mol. The number of methoxy groups -OCH3 is 1. The van der Waals surface area contributed by atoms with Gasteiger partial charge < -0.3 is 9.47 Å². The Balaban J connectivity index is 2.31. The van der Waals surface area contributed by atoms with E-state index in [-0.39, 0.29) is 5.75 Å². The van der Waals surface area contributed by atoms with E-state index in [4.69, 9.17) is 21.1 Å². The fourth-order valence-corrected chi connectivity index (χ4v) is 2.76. The molecular formula is C16H15BrClFO2. The van der Waals surface area contributed by atoms with Crippen molar-refractivity contribution >= 4 is 27.5 Å². The number of hydrogen-bond acceptors (Lipinski definition) is 2. The minimum Gasteiger partial charge on any atom is -0.494 e. The van der Waals surface area contributed by atoms with E-state index >= 15 is 0 Å². The van der Waals surface area contributed by atoms with Gasteiger partial charge in [0.25, 0.3) is 0 Å². The van der Waals surface area contributed by atoms with Crippen LogP contribution >= 0.6 is 27.5 Å². The third kappa shape index (κ3) is 3.69. The van der Waals surface area contributed by atoms with Crippen LogP contribution in [0.15, 0.2) is 40.9 Å². The lowest BCUT2D eigenvalue weighted by molar-refractivity contribution is 0.338. The van der Waals surface area contributed by atoms with Crippen LogP contribution in [0.1, 0.15) is 23.4 Å². The average Bonchev–Trinajstić information content (AvgIpc) is 2.49. The van der Waals surface area contributed by atoms with Gasteiger partial charge in [-0.05, 0) is 58.2 Å². The fourth-order valence-electron chi connectivity index (χ4n) is 1.97. The summed E-state index contributed by atoms with van der Waals surface area (Å²) >= 11 is 9.94. The van der Waals surface area contributed by atoms with Gasteiger partial charge in [0.05, 0.1) is 23.6 Å². The molecule has 0 fully saturated rings. The zero-order valence-electron chi connectivity index (χ0n) is 11.7. The van der Waals surface area contributed by atoms with E-state index in [1.165, 1.54) is 13.2 Å². The van der Waals surface area contributed by atoms with Crippen LogP contribution < -0.4 is 9.47 Å². The molecule has 0 saturated heterocycles. The second-order valence-corrected chi connectivity index (χ2v) is 5.67. The van der Waals surface area contributed by atoms with Crippen LogP contribution in [-0.4, -0.2) is 13.7 Å². The minimum absolute atomic E-state index is 0.183. The monoisotopic (exact) mass is 372 g/mol. The summed E-state index contributed by atoms with van der Waals surface area (Å²) in [7, 11) is 1.43. The first-order chi connectivity index (χ1) is 10.1. The third-order valence-electron chi connectivity index (χ3n) is 3.02. The Morgan fingerprint density at radius 1 is 1.14 bits per heavy atom. The third-order valence-corrected chi connectivity index (χ3v) is 4.14. The van der Waals surface area contributed by atoms with Gasteiger partial charge >= 0.3 is 0 Å². The maximum Gasteiger partial charge on any atom is 0.165 e. The summed E-state index contributed by atoms with van der Waals surface area (Å²) in [6.45, 7) is 2.52. The summed E-state index contributed by atoms with van der Waals surface area (Å²) in [4.78, 5) is 0. The Morgan fingerprint density at radius 3 is 2.43 bits per heavy atom. The van der Waals surface area contributed by atoms with Crippen LogP contribution in [-0.2, 0) is 0 Å². The highest BCUT2D eigenvalue weighted by atomic mass is 79.9. The van der Waals surface area contributed by atoms with Crippen LogP contribution in [0.2, 0.25) is 0 Å². The normalized spacial score (nSPS) is 12.0. The van der Waals surface area contributed by atoms with Crippen LogP contribution in [0.4, 0.5) is 4.39 Å². The summed E-state index contributed by atoms with van der Waals surface area (Å²) in [5.74, 6) is 0.544. The Hall–Kier alpha value is -1.26. The molecule has 21 heavy (non-hydrogen) atoms. The van der Waals surface area contributed by atoms with Gasteiger partial charge in [-0.2, -0.15) is 0 Å². The van der Waals surface area contributed by atoms with E-state index < -0.39 is 11.2 Å². The first-order valence-electron chi connectivity index (χ1n) is 6.46. The van der Waals surface area contributed by atoms with Crippen molar-refractivity contribution in [1.29, 1.82) is 0 Å². The number of hydrogen-bond donors (Lipinski definition) is 0. The Kier molecular flexibility index (Phi) is 5.48. The molecule has 0 heterocycles. The number of rotatable bonds is 5. The molecule has 0 spiro atoms. The second-order valence-electron chi connectivity index (χ2n) is 4.38. The molecule has 5 heteroatoms. The Bertz CT molecular complexity index is 634. The number of halogens is 3. The molecule has 112 valence electrons. The van der Waals surface area contributed by atoms with Gasteiger partial charge in [-0.1, -0.05) is 12.1 Å². The molecule has 0 aliphatic heterocycles. The molecule has 0 aliphatic rings. The van der Waals surface area contributed by atoms with Gasteiger partial charge in [0.1, 0.15) is 5.75 Å². The number of alkyl halides is 1. The van der Waals surface area contributed by atoms with E-state index in [1.54, 1.807) is 12.1 Å². The van der Waals surface area contributed by atoms with Crippen molar-refractivity contribution in [2.45, 2.75) is 12.3 Å². The molecular weight excluding hydrogens is 359 g/mol. The van der Waals surface area contributed by atoms with E-state index in [0.29, 0.717) is 6.61 Å². The maximum absolute atomic E-state index is 13.4. The summed E-state index contributed by atoms with van der Waals surface area (Å²) in [5.41, 5.74) is 1.66. The molecule has 0 bridgehead atoms. The lowest BCUT2D eigenvalue weighted by Gasteiger charge is -2.14. The Morgan fingerprint density at radius 2 is 1.81 bits per heavy atom. The topological polar surface area (TPSA) is 18.5 Å². The molecule has 0 aromatic heterocycles. The van der Waals surface area contributed by atoms with Gasteiger partial charge in [-0.15, -0.1) is 11.6 Å². The fraction of sp³-hybridized carbons (Fsp3) is 0.250. The molecule has 2 nitrogen and oxygen atoms in total. The van der Waals surface area contributed by atoms with E-state index in [0.717, 1.165) is 21.3 Å². The molecule has 1 atom stereocenters. The van der Waals surface area contributed by atoms with Gasteiger partial charge in [-0.25, -0.2) is 4.39 Å². The quantitative estimate of drug-likeness (QED) is 0.660. The summed E-state index contributed by atoms with van der Waals surface area (Å²) < 4.78 is 24.7. The zero-order valence-corrected chi connectivity index (χ0v) is 14.0. The molecule has 0 radical (unpaired) electrons. The first kappa shape index (κ1) is 16.1. The van der Waals surface area contributed by atoms with Crippen LogP contribution in [0, 0.1) is 5.82 Å². The molecule has 2 aromatic carbocycles. The summed E-state index contributed by atoms with van der Waals surface area (Å²) in [6.07, 6.45) is 0. The van der Waals surface area contributed by atoms with Gasteiger partial charge in [-0.3, -0.25) is 0 Å². The van der Waals surface area contributed by atoms with Crippen LogP contribution in [0.5, 0.6) is 11.5 Å². The highest BCUT2D eigenvalue weighted by molar-refractivity contribution is 9.10. The predicted octanol–water partition coefficient (Wildman–Crippen LogP) is 5.32. The standard InChI is InChI=1S/C16H15BrClFO2/c1-3-21-14-7-5-10(8-12(14)17)16(18)11-4-6-13(19)15(9-11)20-2/h4-9,16H,3H2,1-2H3. The molecule has 2 rings (SSSR count). The average molecular weight is 374 g/mol. The minimum atomic E-state index is -0.405. The number of ether oxygens (including phenoxy) is 2. The SMILES string of the molecule is CCOc1ccc(C(Cl)c2ccc(F)c(OC)c2)cc1Br. The molecule has 1 unspecified atom stereocenters. The Labute approximate surface area is 137 Å². The van der Waals surface area contributed by atoms with Gasteiger partial charge in [0.2, 0.25) is 0 Å². The molecule has 0 aliphatic carbocycles. The van der Waals surface area contributed by atoms with Crippen LogP contribution in [0.3, 0.4) is 0 Å². The maximum atomic E-state index is 13.4. The second kappa shape index (κ2) is 7.14. The lowest BCUT2D eigenvalue weighted by atomic mass is 10.0. The molecule has 0 saturated carbocycles.